The van der Waals surface area contributed by atoms with Crippen molar-refractivity contribution in [2.45, 2.75) is 13.3 Å². The standard InChI is InChI=1S/C8H15NO2/c1-6-5-7(6)8(11)9(2)3-4-10/h6-7,10H,3-5H2,1-2H3/t6-,7-/m0/s1. The van der Waals surface area contributed by atoms with Gasteiger partial charge < -0.3 is 10.0 Å². The van der Waals surface area contributed by atoms with Crippen molar-refractivity contribution in [3.8, 4) is 0 Å². The van der Waals surface area contributed by atoms with Crippen LogP contribution < -0.4 is 0 Å². The molecule has 3 nitrogen and oxygen atoms in total. The molecule has 0 saturated heterocycles. The van der Waals surface area contributed by atoms with Crippen molar-refractivity contribution in [3.05, 3.63) is 0 Å². The van der Waals surface area contributed by atoms with Gasteiger partial charge in [-0.3, -0.25) is 4.79 Å². The molecular weight excluding hydrogens is 142 g/mol. The van der Waals surface area contributed by atoms with Gasteiger partial charge in [-0.2, -0.15) is 0 Å². The number of carbonyl (C=O) groups is 1. The van der Waals surface area contributed by atoms with Gasteiger partial charge in [0.15, 0.2) is 0 Å². The van der Waals surface area contributed by atoms with E-state index in [1.165, 1.54) is 0 Å². The molecule has 0 spiro atoms. The SMILES string of the molecule is C[C@H]1C[C@@H]1C(=O)N(C)CCO. The summed E-state index contributed by atoms with van der Waals surface area (Å²) in [4.78, 5) is 12.9. The predicted molar refractivity (Wildman–Crippen MR) is 42.0 cm³/mol. The number of hydrogen-bond acceptors (Lipinski definition) is 2. The highest BCUT2D eigenvalue weighted by Crippen LogP contribution is 2.38. The number of carbonyl (C=O) groups excluding carboxylic acids is 1. The Morgan fingerprint density at radius 2 is 2.27 bits per heavy atom. The summed E-state index contributed by atoms with van der Waals surface area (Å²) in [6.07, 6.45) is 1.02. The number of aliphatic hydroxyl groups is 1. The lowest BCUT2D eigenvalue weighted by Gasteiger charge is -2.14. The van der Waals surface area contributed by atoms with E-state index in [4.69, 9.17) is 5.11 Å². The summed E-state index contributed by atoms with van der Waals surface area (Å²) in [7, 11) is 1.74. The van der Waals surface area contributed by atoms with E-state index < -0.39 is 0 Å². The molecule has 11 heavy (non-hydrogen) atoms. The van der Waals surface area contributed by atoms with E-state index in [0.29, 0.717) is 12.5 Å². The minimum atomic E-state index is 0.0589. The normalized spacial score (nSPS) is 28.3. The maximum Gasteiger partial charge on any atom is 0.225 e. The fourth-order valence-corrected chi connectivity index (χ4v) is 1.21. The highest BCUT2D eigenvalue weighted by molar-refractivity contribution is 5.81. The van der Waals surface area contributed by atoms with Gasteiger partial charge in [0.2, 0.25) is 5.91 Å². The van der Waals surface area contributed by atoms with Crippen molar-refractivity contribution in [2.75, 3.05) is 20.2 Å². The molecule has 0 aromatic heterocycles. The average molecular weight is 157 g/mol. The van der Waals surface area contributed by atoms with Gasteiger partial charge in [-0.1, -0.05) is 6.92 Å². The Morgan fingerprint density at radius 1 is 1.73 bits per heavy atom. The third-order valence-electron chi connectivity index (χ3n) is 2.24. The molecule has 2 atom stereocenters. The Hall–Kier alpha value is -0.570. The second kappa shape index (κ2) is 3.22. The number of nitrogens with zero attached hydrogens (tertiary/aromatic N) is 1. The van der Waals surface area contributed by atoms with E-state index in [9.17, 15) is 4.79 Å². The highest BCUT2D eigenvalue weighted by atomic mass is 16.3. The van der Waals surface area contributed by atoms with Crippen molar-refractivity contribution >= 4 is 5.91 Å². The smallest absolute Gasteiger partial charge is 0.225 e. The van der Waals surface area contributed by atoms with Gasteiger partial charge in [0, 0.05) is 19.5 Å². The summed E-state index contributed by atoms with van der Waals surface area (Å²) in [5.74, 6) is 0.988. The lowest BCUT2D eigenvalue weighted by atomic mass is 10.3. The fraction of sp³-hybridized carbons (Fsp3) is 0.875. The van der Waals surface area contributed by atoms with Gasteiger partial charge >= 0.3 is 0 Å². The van der Waals surface area contributed by atoms with Crippen LogP contribution in [0.2, 0.25) is 0 Å². The second-order valence-corrected chi connectivity index (χ2v) is 3.30. The third kappa shape index (κ3) is 1.93. The summed E-state index contributed by atoms with van der Waals surface area (Å²) in [5.41, 5.74) is 0. The van der Waals surface area contributed by atoms with Gasteiger partial charge in [-0.05, 0) is 12.3 Å². The fourth-order valence-electron chi connectivity index (χ4n) is 1.21. The predicted octanol–water partition coefficient (Wildman–Crippen LogP) is 0.0931. The summed E-state index contributed by atoms with van der Waals surface area (Å²) in [5, 5.41) is 8.56. The molecule has 1 N–H and O–H groups in total. The maximum absolute atomic E-state index is 11.3. The molecule has 0 heterocycles. The van der Waals surface area contributed by atoms with E-state index in [1.807, 2.05) is 0 Å². The summed E-state index contributed by atoms with van der Waals surface area (Å²) in [6, 6.07) is 0. The largest absolute Gasteiger partial charge is 0.395 e. The first-order valence-electron chi connectivity index (χ1n) is 4.02. The molecule has 0 unspecified atom stereocenters. The first-order valence-corrected chi connectivity index (χ1v) is 4.02. The van der Waals surface area contributed by atoms with Crippen LogP contribution in [0.3, 0.4) is 0 Å². The van der Waals surface area contributed by atoms with E-state index in [-0.39, 0.29) is 18.4 Å². The van der Waals surface area contributed by atoms with Crippen molar-refractivity contribution in [1.29, 1.82) is 0 Å². The Morgan fingerprint density at radius 3 is 2.64 bits per heavy atom. The van der Waals surface area contributed by atoms with Crippen LogP contribution in [0.5, 0.6) is 0 Å². The Labute approximate surface area is 67.0 Å². The molecule has 1 aliphatic rings. The summed E-state index contributed by atoms with van der Waals surface area (Å²) < 4.78 is 0. The van der Waals surface area contributed by atoms with Crippen LogP contribution >= 0.6 is 0 Å². The van der Waals surface area contributed by atoms with Gasteiger partial charge in [-0.15, -0.1) is 0 Å². The second-order valence-electron chi connectivity index (χ2n) is 3.30. The highest BCUT2D eigenvalue weighted by Gasteiger charge is 2.40. The zero-order valence-corrected chi connectivity index (χ0v) is 7.08. The quantitative estimate of drug-likeness (QED) is 0.631. The van der Waals surface area contributed by atoms with Crippen molar-refractivity contribution in [1.82, 2.24) is 4.90 Å². The number of likely N-dealkylation sites (N-methyl/N-ethyl adjacent to an activating group) is 1. The number of aliphatic hydroxyl groups excluding tert-OH is 1. The monoisotopic (exact) mass is 157 g/mol. The van der Waals surface area contributed by atoms with E-state index in [0.717, 1.165) is 6.42 Å². The van der Waals surface area contributed by atoms with Crippen LogP contribution in [0.15, 0.2) is 0 Å². The van der Waals surface area contributed by atoms with E-state index in [1.54, 1.807) is 11.9 Å². The van der Waals surface area contributed by atoms with Crippen LogP contribution in [0.4, 0.5) is 0 Å². The number of hydrogen-bond donors (Lipinski definition) is 1. The van der Waals surface area contributed by atoms with E-state index in [2.05, 4.69) is 6.92 Å². The molecule has 0 aromatic rings. The van der Waals surface area contributed by atoms with Gasteiger partial charge in [-0.25, -0.2) is 0 Å². The molecule has 1 fully saturated rings. The first kappa shape index (κ1) is 8.53. The van der Waals surface area contributed by atoms with Crippen LogP contribution in [0.1, 0.15) is 13.3 Å². The van der Waals surface area contributed by atoms with Crippen LogP contribution in [0, 0.1) is 11.8 Å². The minimum absolute atomic E-state index is 0.0589. The molecule has 1 rings (SSSR count). The molecule has 0 aliphatic heterocycles. The zero-order valence-electron chi connectivity index (χ0n) is 7.08. The number of rotatable bonds is 3. The molecular formula is C8H15NO2. The van der Waals surface area contributed by atoms with Crippen LogP contribution in [-0.4, -0.2) is 36.1 Å². The average Bonchev–Trinajstić information content (AvgIpc) is 2.66. The molecule has 1 amide bonds. The Balaban J connectivity index is 2.29. The van der Waals surface area contributed by atoms with E-state index >= 15 is 0 Å². The lowest BCUT2D eigenvalue weighted by Crippen LogP contribution is -2.31. The van der Waals surface area contributed by atoms with Crippen LogP contribution in [-0.2, 0) is 4.79 Å². The molecule has 0 radical (unpaired) electrons. The summed E-state index contributed by atoms with van der Waals surface area (Å²) >= 11 is 0. The lowest BCUT2D eigenvalue weighted by molar-refractivity contribution is -0.131. The molecule has 3 heteroatoms. The Bertz CT molecular complexity index is 158. The molecule has 0 aromatic carbocycles. The molecule has 1 aliphatic carbocycles. The molecule has 1 saturated carbocycles. The van der Waals surface area contributed by atoms with Gasteiger partial charge in [0.1, 0.15) is 0 Å². The third-order valence-corrected chi connectivity index (χ3v) is 2.24. The van der Waals surface area contributed by atoms with Gasteiger partial charge in [0.05, 0.1) is 6.61 Å². The number of amides is 1. The van der Waals surface area contributed by atoms with Crippen LogP contribution in [0.25, 0.3) is 0 Å². The molecule has 0 bridgehead atoms. The topological polar surface area (TPSA) is 40.5 Å². The van der Waals surface area contributed by atoms with Crippen molar-refractivity contribution in [2.24, 2.45) is 11.8 Å². The first-order chi connectivity index (χ1) is 5.16. The van der Waals surface area contributed by atoms with Gasteiger partial charge in [0.25, 0.3) is 0 Å². The summed E-state index contributed by atoms with van der Waals surface area (Å²) in [6.45, 7) is 2.60. The minimum Gasteiger partial charge on any atom is -0.395 e. The maximum atomic E-state index is 11.3. The molecule has 64 valence electrons. The zero-order chi connectivity index (χ0) is 8.43. The Kier molecular flexibility index (Phi) is 2.49. The van der Waals surface area contributed by atoms with Crippen molar-refractivity contribution < 1.29 is 9.90 Å². The van der Waals surface area contributed by atoms with Crippen molar-refractivity contribution in [3.63, 3.8) is 0 Å².